The number of nitrogens with one attached hydrogen (secondary N) is 1. The summed E-state index contributed by atoms with van der Waals surface area (Å²) in [7, 11) is -2.98. The summed E-state index contributed by atoms with van der Waals surface area (Å²) in [5.41, 5.74) is 1.14. The summed E-state index contributed by atoms with van der Waals surface area (Å²) in [6.07, 6.45) is 0. The van der Waals surface area contributed by atoms with E-state index in [2.05, 4.69) is 57.2 Å². The molecule has 0 spiro atoms. The van der Waals surface area contributed by atoms with Crippen LogP contribution in [-0.4, -0.2) is 18.4 Å². The van der Waals surface area contributed by atoms with E-state index in [1.165, 1.54) is 3.58 Å². The van der Waals surface area contributed by atoms with Crippen LogP contribution in [0.1, 0.15) is 18.5 Å². The van der Waals surface area contributed by atoms with E-state index in [1.807, 2.05) is 54.6 Å². The molecule has 0 aliphatic rings. The third-order valence-corrected chi connectivity index (χ3v) is 14.1. The molecule has 0 heterocycles. The van der Waals surface area contributed by atoms with Gasteiger partial charge >= 0.3 is 168 Å². The van der Waals surface area contributed by atoms with Gasteiger partial charge in [0.2, 0.25) is 0 Å². The average molecular weight is 484 g/mol. The molecule has 3 rings (SSSR count). The molecule has 0 unspecified atom stereocenters. The van der Waals surface area contributed by atoms with Gasteiger partial charge in [0.05, 0.1) is 0 Å². The molecular formula is C23H28NOPSn. The van der Waals surface area contributed by atoms with Crippen LogP contribution >= 0.6 is 7.29 Å². The first-order chi connectivity index (χ1) is 12.8. The van der Waals surface area contributed by atoms with Crippen molar-refractivity contribution < 1.29 is 4.57 Å². The second kappa shape index (κ2) is 8.34. The Bertz CT molecular complexity index is 935. The van der Waals surface area contributed by atoms with E-state index < -0.39 is 25.7 Å². The summed E-state index contributed by atoms with van der Waals surface area (Å²) >= 11 is -2.46. The Kier molecular flexibility index (Phi) is 6.30. The molecule has 140 valence electrons. The van der Waals surface area contributed by atoms with E-state index >= 15 is 0 Å². The standard InChI is InChI=1S/C20H19NOP.3CH3.Sn/c1-17(18-11-5-2-6-12-18)21-23(22,19-13-7-3-8-14-19)20-15-9-4-10-16-20;;;;/h2-15,17H,1H3,(H,21,22);3*1H3;/t17-,23-;;;;/m0..../s1. The molecule has 0 aliphatic carbocycles. The predicted octanol–water partition coefficient (Wildman–Crippen LogP) is 4.81. The molecule has 4 heteroatoms. The fraction of sp³-hybridized carbons (Fsp3) is 0.217. The molecule has 27 heavy (non-hydrogen) atoms. The van der Waals surface area contributed by atoms with Gasteiger partial charge in [-0.3, -0.25) is 0 Å². The van der Waals surface area contributed by atoms with E-state index in [0.717, 1.165) is 16.2 Å². The zero-order chi connectivity index (χ0) is 19.5. The van der Waals surface area contributed by atoms with Crippen LogP contribution in [0.3, 0.4) is 0 Å². The molecule has 2 atom stereocenters. The normalized spacial score (nSPS) is 15.1. The molecule has 0 aromatic heterocycles. The second-order valence-electron chi connectivity index (χ2n) is 7.97. The molecule has 2 nitrogen and oxygen atoms in total. The summed E-state index contributed by atoms with van der Waals surface area (Å²) in [6, 6.07) is 28.5. The van der Waals surface area contributed by atoms with Crippen LogP contribution in [0.25, 0.3) is 0 Å². The summed E-state index contributed by atoms with van der Waals surface area (Å²) in [6.45, 7) is 2.09. The van der Waals surface area contributed by atoms with Crippen molar-refractivity contribution >= 4 is 39.9 Å². The van der Waals surface area contributed by atoms with Crippen molar-refractivity contribution in [2.45, 2.75) is 27.8 Å². The van der Waals surface area contributed by atoms with Crippen LogP contribution < -0.4 is 19.3 Å². The van der Waals surface area contributed by atoms with Crippen LogP contribution in [0, 0.1) is 0 Å². The van der Waals surface area contributed by atoms with Crippen molar-refractivity contribution in [3.8, 4) is 0 Å². The van der Waals surface area contributed by atoms with E-state index in [9.17, 15) is 4.57 Å². The summed E-state index contributed by atoms with van der Waals surface area (Å²) in [5.74, 6) is 0. The van der Waals surface area contributed by atoms with Crippen LogP contribution in [0.4, 0.5) is 0 Å². The number of hydrogen-bond acceptors (Lipinski definition) is 1. The summed E-state index contributed by atoms with van der Waals surface area (Å²) < 4.78 is 15.9. The zero-order valence-corrected chi connectivity index (χ0v) is 20.3. The molecule has 0 bridgehead atoms. The van der Waals surface area contributed by atoms with Gasteiger partial charge in [-0.15, -0.1) is 0 Å². The van der Waals surface area contributed by atoms with Crippen molar-refractivity contribution in [3.63, 3.8) is 0 Å². The molecule has 1 N–H and O–H groups in total. The Balaban J connectivity index is 2.15. The van der Waals surface area contributed by atoms with Crippen molar-refractivity contribution in [3.05, 3.63) is 90.5 Å². The average Bonchev–Trinajstić information content (AvgIpc) is 2.68. The molecule has 0 aliphatic heterocycles. The molecule has 3 aromatic carbocycles. The van der Waals surface area contributed by atoms with E-state index in [-0.39, 0.29) is 6.04 Å². The number of rotatable bonds is 6. The first-order valence-electron chi connectivity index (χ1n) is 9.41. The molecule has 0 amide bonds. The van der Waals surface area contributed by atoms with E-state index in [1.54, 1.807) is 0 Å². The minimum atomic E-state index is -2.98. The van der Waals surface area contributed by atoms with Gasteiger partial charge in [-0.1, -0.05) is 0 Å². The van der Waals surface area contributed by atoms with Gasteiger partial charge in [0.25, 0.3) is 0 Å². The predicted molar refractivity (Wildman–Crippen MR) is 121 cm³/mol. The topological polar surface area (TPSA) is 29.1 Å². The Hall–Kier alpha value is -1.35. The van der Waals surface area contributed by atoms with Crippen LogP contribution in [-0.2, 0) is 4.57 Å². The fourth-order valence-corrected chi connectivity index (χ4v) is 13.7. The van der Waals surface area contributed by atoms with Gasteiger partial charge in [0.15, 0.2) is 0 Å². The monoisotopic (exact) mass is 485 g/mol. The van der Waals surface area contributed by atoms with Gasteiger partial charge in [0, 0.05) is 0 Å². The molecule has 0 fully saturated rings. The van der Waals surface area contributed by atoms with E-state index in [0.29, 0.717) is 0 Å². The van der Waals surface area contributed by atoms with Crippen LogP contribution in [0.15, 0.2) is 84.9 Å². The minimum absolute atomic E-state index is 0.0135. The second-order valence-corrected chi connectivity index (χ2v) is 24.8. The Morgan fingerprint density at radius 1 is 0.778 bits per heavy atom. The zero-order valence-electron chi connectivity index (χ0n) is 16.5. The fourth-order valence-electron chi connectivity index (χ4n) is 3.39. The van der Waals surface area contributed by atoms with Crippen molar-refractivity contribution in [2.75, 3.05) is 0 Å². The van der Waals surface area contributed by atoms with Gasteiger partial charge in [-0.2, -0.15) is 0 Å². The van der Waals surface area contributed by atoms with Gasteiger partial charge in [-0.25, -0.2) is 0 Å². The van der Waals surface area contributed by atoms with E-state index in [4.69, 9.17) is 0 Å². The summed E-state index contributed by atoms with van der Waals surface area (Å²) in [5, 5.41) is 5.40. The van der Waals surface area contributed by atoms with Crippen molar-refractivity contribution in [1.82, 2.24) is 5.09 Å². The first kappa shape index (κ1) is 20.4. The Morgan fingerprint density at radius 3 is 1.89 bits per heavy atom. The quantitative estimate of drug-likeness (QED) is 0.402. The third-order valence-electron chi connectivity index (χ3n) is 4.85. The van der Waals surface area contributed by atoms with Crippen molar-refractivity contribution in [2.24, 2.45) is 0 Å². The van der Waals surface area contributed by atoms with Gasteiger partial charge in [0.1, 0.15) is 0 Å². The Morgan fingerprint density at radius 2 is 1.30 bits per heavy atom. The maximum absolute atomic E-state index is 14.6. The van der Waals surface area contributed by atoms with Gasteiger partial charge in [-0.05, 0) is 0 Å². The van der Waals surface area contributed by atoms with Gasteiger partial charge < -0.3 is 0 Å². The van der Waals surface area contributed by atoms with Crippen molar-refractivity contribution in [1.29, 1.82) is 0 Å². The molecule has 0 saturated heterocycles. The molecule has 3 aromatic rings. The molecule has 0 saturated carbocycles. The summed E-state index contributed by atoms with van der Waals surface area (Å²) in [4.78, 5) is 7.14. The van der Waals surface area contributed by atoms with Crippen LogP contribution in [0.2, 0.25) is 14.8 Å². The molecule has 0 radical (unpaired) electrons. The maximum atomic E-state index is 14.6. The molecular weight excluding hydrogens is 456 g/mol. The Labute approximate surface area is 167 Å². The SMILES string of the molecule is C[C@H](N[P@](=O)(c1ccccc1)c1cccc[c]1[Sn]([CH3])([CH3])[CH3])c1ccccc1. The number of hydrogen-bond donors (Lipinski definition) is 1. The third kappa shape index (κ3) is 4.56. The number of benzene rings is 3. The first-order valence-corrected chi connectivity index (χ1v) is 21.1. The van der Waals surface area contributed by atoms with Crippen LogP contribution in [0.5, 0.6) is 0 Å².